The molecule has 1 heterocycles. The lowest BCUT2D eigenvalue weighted by molar-refractivity contribution is 0.0734. The van der Waals surface area contributed by atoms with Gasteiger partial charge in [0.05, 0.1) is 11.5 Å². The number of nitrogens with two attached hydrogens (primary N) is 1. The molecule has 7 heteroatoms. The number of esters is 1. The Morgan fingerprint density at radius 1 is 1.06 bits per heavy atom. The standard InChI is InChI=1S/C24H16F2N2O3/c1-13-2-4-14(5-3-13)24(29)30-16-7-8-17-21(11-16)31-23(28)18(12-27)22(17)15-6-9-19(25)20(26)10-15/h2-11,22H,28H2,1H3. The molecular formula is C24H16F2N2O3. The van der Waals surface area contributed by atoms with Crippen LogP contribution in [0.4, 0.5) is 8.78 Å². The Hall–Kier alpha value is -4.18. The summed E-state index contributed by atoms with van der Waals surface area (Å²) in [7, 11) is 0. The van der Waals surface area contributed by atoms with Gasteiger partial charge >= 0.3 is 5.97 Å². The Kier molecular flexibility index (Phi) is 5.14. The third kappa shape index (κ3) is 3.83. The number of hydrogen-bond donors (Lipinski definition) is 1. The number of carbonyl (C=O) groups is 1. The van der Waals surface area contributed by atoms with Crippen molar-refractivity contribution in [3.8, 4) is 17.6 Å². The number of fused-ring (bicyclic) bond motifs is 1. The van der Waals surface area contributed by atoms with Gasteiger partial charge in [0.25, 0.3) is 0 Å². The van der Waals surface area contributed by atoms with Crippen LogP contribution >= 0.6 is 0 Å². The van der Waals surface area contributed by atoms with Crippen LogP contribution in [-0.4, -0.2) is 5.97 Å². The highest BCUT2D eigenvalue weighted by Crippen LogP contribution is 2.43. The largest absolute Gasteiger partial charge is 0.440 e. The molecule has 0 amide bonds. The smallest absolute Gasteiger partial charge is 0.343 e. The number of nitrogens with zero attached hydrogens (tertiary/aromatic N) is 1. The summed E-state index contributed by atoms with van der Waals surface area (Å²) in [4.78, 5) is 12.4. The molecule has 0 spiro atoms. The first-order chi connectivity index (χ1) is 14.9. The summed E-state index contributed by atoms with van der Waals surface area (Å²) in [6.07, 6.45) is 0. The van der Waals surface area contributed by atoms with E-state index in [4.69, 9.17) is 15.2 Å². The lowest BCUT2D eigenvalue weighted by atomic mass is 9.83. The van der Waals surface area contributed by atoms with Gasteiger partial charge in [0.2, 0.25) is 5.88 Å². The number of carbonyl (C=O) groups excluding carboxylic acids is 1. The molecule has 0 aliphatic carbocycles. The van der Waals surface area contributed by atoms with Gasteiger partial charge in [0, 0.05) is 11.6 Å². The molecule has 3 aromatic carbocycles. The van der Waals surface area contributed by atoms with Gasteiger partial charge in [-0.1, -0.05) is 29.8 Å². The Labute approximate surface area is 176 Å². The quantitative estimate of drug-likeness (QED) is 0.492. The van der Waals surface area contributed by atoms with E-state index in [2.05, 4.69) is 0 Å². The minimum Gasteiger partial charge on any atom is -0.440 e. The van der Waals surface area contributed by atoms with Crippen LogP contribution in [0.25, 0.3) is 0 Å². The van der Waals surface area contributed by atoms with E-state index >= 15 is 0 Å². The first-order valence-electron chi connectivity index (χ1n) is 9.32. The molecule has 31 heavy (non-hydrogen) atoms. The van der Waals surface area contributed by atoms with Crippen LogP contribution in [-0.2, 0) is 0 Å². The van der Waals surface area contributed by atoms with Gasteiger partial charge in [-0.25, -0.2) is 13.6 Å². The maximum atomic E-state index is 13.8. The topological polar surface area (TPSA) is 85.3 Å². The molecule has 1 aliphatic heterocycles. The monoisotopic (exact) mass is 418 g/mol. The van der Waals surface area contributed by atoms with Crippen LogP contribution in [0.3, 0.4) is 0 Å². The summed E-state index contributed by atoms with van der Waals surface area (Å²) in [5, 5.41) is 9.56. The highest BCUT2D eigenvalue weighted by atomic mass is 19.2. The average molecular weight is 418 g/mol. The number of nitriles is 1. The molecule has 0 saturated carbocycles. The van der Waals surface area contributed by atoms with Gasteiger partial charge < -0.3 is 15.2 Å². The van der Waals surface area contributed by atoms with Crippen molar-refractivity contribution in [1.29, 1.82) is 5.26 Å². The second-order valence-corrected chi connectivity index (χ2v) is 7.05. The lowest BCUT2D eigenvalue weighted by Gasteiger charge is -2.26. The third-order valence-corrected chi connectivity index (χ3v) is 4.97. The molecule has 0 saturated heterocycles. The second-order valence-electron chi connectivity index (χ2n) is 7.05. The number of aryl methyl sites for hydroxylation is 1. The molecule has 154 valence electrons. The first kappa shape index (κ1) is 20.1. The van der Waals surface area contributed by atoms with E-state index < -0.39 is 23.5 Å². The Morgan fingerprint density at radius 3 is 2.48 bits per heavy atom. The molecule has 1 aliphatic rings. The summed E-state index contributed by atoms with van der Waals surface area (Å²) >= 11 is 0. The van der Waals surface area contributed by atoms with Gasteiger partial charge in [-0.2, -0.15) is 5.26 Å². The number of hydrogen-bond acceptors (Lipinski definition) is 5. The average Bonchev–Trinajstić information content (AvgIpc) is 2.75. The van der Waals surface area contributed by atoms with Gasteiger partial charge in [-0.15, -0.1) is 0 Å². The fourth-order valence-corrected chi connectivity index (χ4v) is 3.39. The fourth-order valence-electron chi connectivity index (χ4n) is 3.39. The predicted octanol–water partition coefficient (Wildman–Crippen LogP) is 4.71. The Bertz CT molecular complexity index is 1260. The highest BCUT2D eigenvalue weighted by molar-refractivity contribution is 5.91. The Balaban J connectivity index is 1.70. The van der Waals surface area contributed by atoms with Crippen LogP contribution < -0.4 is 15.2 Å². The van der Waals surface area contributed by atoms with Crippen LogP contribution in [0.15, 0.2) is 72.1 Å². The van der Waals surface area contributed by atoms with Crippen molar-refractivity contribution in [2.24, 2.45) is 5.73 Å². The number of allylic oxidation sites excluding steroid dienone is 1. The minimum absolute atomic E-state index is 0.0721. The second kappa shape index (κ2) is 7.92. The number of halogens is 2. The number of rotatable bonds is 3. The van der Waals surface area contributed by atoms with Crippen LogP contribution in [0.1, 0.15) is 33.0 Å². The van der Waals surface area contributed by atoms with E-state index in [1.165, 1.54) is 18.2 Å². The molecule has 1 atom stereocenters. The van der Waals surface area contributed by atoms with Crippen molar-refractivity contribution in [1.82, 2.24) is 0 Å². The molecule has 0 radical (unpaired) electrons. The van der Waals surface area contributed by atoms with Crippen molar-refractivity contribution < 1.29 is 23.0 Å². The van der Waals surface area contributed by atoms with E-state index in [9.17, 15) is 18.8 Å². The molecule has 2 N–H and O–H groups in total. The van der Waals surface area contributed by atoms with Crippen molar-refractivity contribution in [2.75, 3.05) is 0 Å². The van der Waals surface area contributed by atoms with E-state index in [1.807, 2.05) is 13.0 Å². The minimum atomic E-state index is -1.04. The van der Waals surface area contributed by atoms with Gasteiger partial charge in [0.1, 0.15) is 23.1 Å². The normalized spacial score (nSPS) is 15.0. The van der Waals surface area contributed by atoms with Crippen LogP contribution in [0.5, 0.6) is 11.5 Å². The van der Waals surface area contributed by atoms with Crippen molar-refractivity contribution in [3.05, 3.63) is 106 Å². The molecule has 4 rings (SSSR count). The van der Waals surface area contributed by atoms with E-state index in [-0.39, 0.29) is 23.0 Å². The first-order valence-corrected chi connectivity index (χ1v) is 9.32. The Morgan fingerprint density at radius 2 is 1.81 bits per heavy atom. The van der Waals surface area contributed by atoms with E-state index in [1.54, 1.807) is 30.3 Å². The molecule has 0 bridgehead atoms. The number of ether oxygens (including phenoxy) is 2. The number of benzene rings is 3. The molecule has 0 fully saturated rings. The maximum absolute atomic E-state index is 13.8. The van der Waals surface area contributed by atoms with Crippen LogP contribution in [0.2, 0.25) is 0 Å². The van der Waals surface area contributed by atoms with E-state index in [0.717, 1.165) is 17.7 Å². The van der Waals surface area contributed by atoms with Gasteiger partial charge in [-0.05, 0) is 42.8 Å². The lowest BCUT2D eigenvalue weighted by Crippen LogP contribution is -2.21. The summed E-state index contributed by atoms with van der Waals surface area (Å²) in [5.41, 5.74) is 8.23. The zero-order valence-electron chi connectivity index (χ0n) is 16.4. The summed E-state index contributed by atoms with van der Waals surface area (Å²) < 4.78 is 38.2. The van der Waals surface area contributed by atoms with Crippen LogP contribution in [0, 0.1) is 29.9 Å². The fraction of sp³-hybridized carbons (Fsp3) is 0.0833. The molecule has 1 unspecified atom stereocenters. The molecule has 5 nitrogen and oxygen atoms in total. The van der Waals surface area contributed by atoms with Crippen molar-refractivity contribution in [2.45, 2.75) is 12.8 Å². The van der Waals surface area contributed by atoms with Crippen molar-refractivity contribution in [3.63, 3.8) is 0 Å². The third-order valence-electron chi connectivity index (χ3n) is 4.97. The SMILES string of the molecule is Cc1ccc(C(=O)Oc2ccc3c(c2)OC(N)=C(C#N)C3c2ccc(F)c(F)c2)cc1. The van der Waals surface area contributed by atoms with Gasteiger partial charge in [-0.3, -0.25) is 0 Å². The summed E-state index contributed by atoms with van der Waals surface area (Å²) in [6.45, 7) is 1.91. The van der Waals surface area contributed by atoms with E-state index in [0.29, 0.717) is 16.7 Å². The highest BCUT2D eigenvalue weighted by Gasteiger charge is 2.31. The van der Waals surface area contributed by atoms with Gasteiger partial charge in [0.15, 0.2) is 11.6 Å². The summed E-state index contributed by atoms with van der Waals surface area (Å²) in [5.74, 6) is -3.04. The molecule has 3 aromatic rings. The van der Waals surface area contributed by atoms with Crippen molar-refractivity contribution >= 4 is 5.97 Å². The molecule has 0 aromatic heterocycles. The molecular weight excluding hydrogens is 402 g/mol. The zero-order chi connectivity index (χ0) is 22.1. The maximum Gasteiger partial charge on any atom is 0.343 e. The predicted molar refractivity (Wildman–Crippen MR) is 108 cm³/mol. The summed E-state index contributed by atoms with van der Waals surface area (Å²) in [6, 6.07) is 16.9. The zero-order valence-corrected chi connectivity index (χ0v) is 16.4.